The Morgan fingerprint density at radius 1 is 1.56 bits per heavy atom. The molecule has 0 aliphatic carbocycles. The highest BCUT2D eigenvalue weighted by Crippen LogP contribution is 2.14. The van der Waals surface area contributed by atoms with E-state index in [2.05, 4.69) is 17.9 Å². The molecule has 0 aliphatic heterocycles. The van der Waals surface area contributed by atoms with Crippen LogP contribution in [0.5, 0.6) is 0 Å². The van der Waals surface area contributed by atoms with Crippen molar-refractivity contribution in [3.63, 3.8) is 0 Å². The third kappa shape index (κ3) is 4.31. The predicted octanol–water partition coefficient (Wildman–Crippen LogP) is 2.66. The smallest absolute Gasteiger partial charge is 0.251 e. The minimum atomic E-state index is -0.433. The van der Waals surface area contributed by atoms with Crippen molar-refractivity contribution in [3.05, 3.63) is 29.6 Å². The van der Waals surface area contributed by atoms with Gasteiger partial charge < -0.3 is 10.1 Å². The number of rotatable bonds is 6. The zero-order valence-electron chi connectivity index (χ0n) is 10.6. The molecular formula is C13H18FNO2S. The highest BCUT2D eigenvalue weighted by atomic mass is 32.1. The summed E-state index contributed by atoms with van der Waals surface area (Å²) in [5.41, 5.74) is 0.401. The van der Waals surface area contributed by atoms with Crippen molar-refractivity contribution < 1.29 is 13.9 Å². The van der Waals surface area contributed by atoms with E-state index in [1.54, 1.807) is 7.11 Å². The molecule has 0 spiro atoms. The molecule has 0 bridgehead atoms. The molecule has 1 unspecified atom stereocenters. The van der Waals surface area contributed by atoms with Gasteiger partial charge in [-0.2, -0.15) is 0 Å². The van der Waals surface area contributed by atoms with Crippen LogP contribution in [0.3, 0.4) is 0 Å². The van der Waals surface area contributed by atoms with Gasteiger partial charge >= 0.3 is 0 Å². The lowest BCUT2D eigenvalue weighted by Gasteiger charge is -2.17. The average molecular weight is 271 g/mol. The van der Waals surface area contributed by atoms with E-state index in [0.29, 0.717) is 12.2 Å². The van der Waals surface area contributed by atoms with E-state index in [-0.39, 0.29) is 16.8 Å². The summed E-state index contributed by atoms with van der Waals surface area (Å²) in [6, 6.07) is 4.08. The van der Waals surface area contributed by atoms with Gasteiger partial charge in [-0.1, -0.05) is 13.3 Å². The summed E-state index contributed by atoms with van der Waals surface area (Å²) in [5, 5.41) is 2.86. The predicted molar refractivity (Wildman–Crippen MR) is 71.7 cm³/mol. The first-order chi connectivity index (χ1) is 8.58. The second-order valence-electron chi connectivity index (χ2n) is 4.08. The molecule has 1 amide bonds. The molecule has 5 heteroatoms. The number of carbonyl (C=O) groups is 1. The van der Waals surface area contributed by atoms with E-state index in [9.17, 15) is 9.18 Å². The van der Waals surface area contributed by atoms with Crippen LogP contribution in [-0.2, 0) is 4.74 Å². The maximum Gasteiger partial charge on any atom is 0.251 e. The first-order valence-electron chi connectivity index (χ1n) is 5.86. The first-order valence-corrected chi connectivity index (χ1v) is 6.31. The van der Waals surface area contributed by atoms with Crippen LogP contribution in [0.1, 0.15) is 30.1 Å². The summed E-state index contributed by atoms with van der Waals surface area (Å²) in [4.78, 5) is 12.1. The molecule has 1 rings (SSSR count). The van der Waals surface area contributed by atoms with Crippen molar-refractivity contribution in [2.24, 2.45) is 0 Å². The number of benzene rings is 1. The van der Waals surface area contributed by atoms with Crippen molar-refractivity contribution in [1.29, 1.82) is 0 Å². The summed E-state index contributed by atoms with van der Waals surface area (Å²) in [6.07, 6.45) is 1.80. The number of hydrogen-bond acceptors (Lipinski definition) is 3. The standard InChI is InChI=1S/C13H18FNO2S/c1-3-4-10(8-17-2)15-13(16)9-5-6-11(14)12(18)7-9/h5-7,10,18H,3-4,8H2,1-2H3,(H,15,16). The van der Waals surface area contributed by atoms with Crippen LogP contribution in [0.25, 0.3) is 0 Å². The number of carbonyl (C=O) groups excluding carboxylic acids is 1. The second-order valence-corrected chi connectivity index (χ2v) is 4.56. The van der Waals surface area contributed by atoms with Crippen LogP contribution >= 0.6 is 12.6 Å². The van der Waals surface area contributed by atoms with Crippen LogP contribution in [0.4, 0.5) is 4.39 Å². The zero-order chi connectivity index (χ0) is 13.5. The fourth-order valence-corrected chi connectivity index (χ4v) is 1.88. The van der Waals surface area contributed by atoms with Crippen LogP contribution in [0.15, 0.2) is 23.1 Å². The molecule has 1 N–H and O–H groups in total. The molecule has 0 heterocycles. The summed E-state index contributed by atoms with van der Waals surface area (Å²) < 4.78 is 18.1. The van der Waals surface area contributed by atoms with E-state index >= 15 is 0 Å². The molecule has 100 valence electrons. The molecule has 1 aromatic carbocycles. The summed E-state index contributed by atoms with van der Waals surface area (Å²) in [5.74, 6) is -0.669. The number of halogens is 1. The normalized spacial score (nSPS) is 12.2. The molecule has 0 saturated heterocycles. The molecule has 3 nitrogen and oxygen atoms in total. The molecular weight excluding hydrogens is 253 g/mol. The van der Waals surface area contributed by atoms with E-state index in [1.807, 2.05) is 6.92 Å². The van der Waals surface area contributed by atoms with E-state index in [4.69, 9.17) is 4.74 Å². The minimum Gasteiger partial charge on any atom is -0.383 e. The number of methoxy groups -OCH3 is 1. The van der Waals surface area contributed by atoms with E-state index in [1.165, 1.54) is 18.2 Å². The van der Waals surface area contributed by atoms with Crippen molar-refractivity contribution in [2.45, 2.75) is 30.7 Å². The highest BCUT2D eigenvalue weighted by Gasteiger charge is 2.13. The van der Waals surface area contributed by atoms with Gasteiger partial charge in [0.05, 0.1) is 12.6 Å². The van der Waals surface area contributed by atoms with E-state index < -0.39 is 5.82 Å². The molecule has 1 aromatic rings. The number of ether oxygens (including phenoxy) is 1. The van der Waals surface area contributed by atoms with Crippen molar-refractivity contribution in [3.8, 4) is 0 Å². The van der Waals surface area contributed by atoms with Crippen molar-refractivity contribution in [2.75, 3.05) is 13.7 Å². The van der Waals surface area contributed by atoms with Gasteiger partial charge in [-0.25, -0.2) is 4.39 Å². The second kappa shape index (κ2) is 7.38. The Balaban J connectivity index is 2.70. The Morgan fingerprint density at radius 3 is 2.83 bits per heavy atom. The Hall–Kier alpha value is -1.07. The van der Waals surface area contributed by atoms with Crippen molar-refractivity contribution >= 4 is 18.5 Å². The van der Waals surface area contributed by atoms with Crippen LogP contribution in [0, 0.1) is 5.82 Å². The molecule has 0 radical (unpaired) electrons. The topological polar surface area (TPSA) is 38.3 Å². The van der Waals surface area contributed by atoms with Gasteiger partial charge in [-0.3, -0.25) is 4.79 Å². The number of thiol groups is 1. The Morgan fingerprint density at radius 2 is 2.28 bits per heavy atom. The summed E-state index contributed by atoms with van der Waals surface area (Å²) in [6.45, 7) is 2.51. The number of nitrogens with one attached hydrogen (secondary N) is 1. The number of amides is 1. The van der Waals surface area contributed by atoms with E-state index in [0.717, 1.165) is 12.8 Å². The monoisotopic (exact) mass is 271 g/mol. The lowest BCUT2D eigenvalue weighted by Crippen LogP contribution is -2.37. The fraction of sp³-hybridized carbons (Fsp3) is 0.462. The third-order valence-corrected chi connectivity index (χ3v) is 2.89. The highest BCUT2D eigenvalue weighted by molar-refractivity contribution is 7.80. The molecule has 0 fully saturated rings. The van der Waals surface area contributed by atoms with Gasteiger partial charge in [0.15, 0.2) is 0 Å². The number of hydrogen-bond donors (Lipinski definition) is 2. The molecule has 0 aliphatic rings. The lowest BCUT2D eigenvalue weighted by molar-refractivity contribution is 0.0891. The third-order valence-electron chi connectivity index (χ3n) is 2.55. The van der Waals surface area contributed by atoms with Gasteiger partial charge in [-0.15, -0.1) is 12.6 Å². The van der Waals surface area contributed by atoms with Gasteiger partial charge in [0.25, 0.3) is 5.91 Å². The summed E-state index contributed by atoms with van der Waals surface area (Å²) in [7, 11) is 1.60. The Bertz CT molecular complexity index is 406. The SMILES string of the molecule is CCCC(COC)NC(=O)c1ccc(F)c(S)c1. The van der Waals surface area contributed by atoms with Crippen LogP contribution in [-0.4, -0.2) is 25.7 Å². The maximum absolute atomic E-state index is 13.0. The molecule has 1 atom stereocenters. The molecule has 0 aromatic heterocycles. The Kier molecular flexibility index (Phi) is 6.15. The molecule has 18 heavy (non-hydrogen) atoms. The van der Waals surface area contributed by atoms with Crippen LogP contribution < -0.4 is 5.32 Å². The largest absolute Gasteiger partial charge is 0.383 e. The summed E-state index contributed by atoms with van der Waals surface area (Å²) >= 11 is 3.96. The lowest BCUT2D eigenvalue weighted by atomic mass is 10.1. The molecule has 0 saturated carbocycles. The Labute approximate surface area is 112 Å². The van der Waals surface area contributed by atoms with Gasteiger partial charge in [0.2, 0.25) is 0 Å². The van der Waals surface area contributed by atoms with Gasteiger partial charge in [0.1, 0.15) is 5.82 Å². The zero-order valence-corrected chi connectivity index (χ0v) is 11.5. The maximum atomic E-state index is 13.0. The fourth-order valence-electron chi connectivity index (χ4n) is 1.67. The first kappa shape index (κ1) is 15.0. The quantitative estimate of drug-likeness (QED) is 0.781. The minimum absolute atomic E-state index is 0.0269. The average Bonchev–Trinajstić information content (AvgIpc) is 2.33. The van der Waals surface area contributed by atoms with Crippen molar-refractivity contribution in [1.82, 2.24) is 5.32 Å². The van der Waals surface area contributed by atoms with Crippen LogP contribution in [0.2, 0.25) is 0 Å². The van der Waals surface area contributed by atoms with Gasteiger partial charge in [-0.05, 0) is 24.6 Å². The van der Waals surface area contributed by atoms with Gasteiger partial charge in [0, 0.05) is 17.6 Å².